The smallest absolute Gasteiger partial charge is 0.410 e. The highest BCUT2D eigenvalue weighted by molar-refractivity contribution is 5.85. The standard InChI is InChI=1S/C14H17N3O2/c1-9-12(11-4-2-3-5-13(11)16-9)8-17-7-10(6-15)19-14(17)18/h2-5,10,16H,6-8,15H2,1H3. The first-order chi connectivity index (χ1) is 9.19. The number of benzene rings is 1. The van der Waals surface area contributed by atoms with Crippen LogP contribution in [-0.2, 0) is 11.3 Å². The van der Waals surface area contributed by atoms with Crippen LogP contribution in [0.25, 0.3) is 10.9 Å². The summed E-state index contributed by atoms with van der Waals surface area (Å²) in [5, 5.41) is 1.16. The van der Waals surface area contributed by atoms with Crippen molar-refractivity contribution in [2.24, 2.45) is 5.73 Å². The summed E-state index contributed by atoms with van der Waals surface area (Å²) in [6, 6.07) is 8.10. The first kappa shape index (κ1) is 12.0. The number of fused-ring (bicyclic) bond motifs is 1. The molecular formula is C14H17N3O2. The van der Waals surface area contributed by atoms with E-state index in [0.29, 0.717) is 19.6 Å². The molecule has 5 heteroatoms. The molecule has 1 aliphatic heterocycles. The number of amides is 1. The number of aromatic nitrogens is 1. The zero-order valence-corrected chi connectivity index (χ0v) is 10.8. The lowest BCUT2D eigenvalue weighted by atomic mass is 10.1. The molecule has 1 atom stereocenters. The second kappa shape index (κ2) is 4.59. The van der Waals surface area contributed by atoms with Crippen LogP contribution in [0.2, 0.25) is 0 Å². The second-order valence-electron chi connectivity index (χ2n) is 4.90. The van der Waals surface area contributed by atoms with Crippen LogP contribution in [0.1, 0.15) is 11.3 Å². The Bertz CT molecular complexity index is 620. The Morgan fingerprint density at radius 1 is 1.47 bits per heavy atom. The molecule has 5 nitrogen and oxygen atoms in total. The number of aryl methyl sites for hydroxylation is 1. The van der Waals surface area contributed by atoms with Gasteiger partial charge in [-0.05, 0) is 18.6 Å². The summed E-state index contributed by atoms with van der Waals surface area (Å²) >= 11 is 0. The quantitative estimate of drug-likeness (QED) is 0.882. The zero-order valence-electron chi connectivity index (χ0n) is 10.8. The van der Waals surface area contributed by atoms with Gasteiger partial charge in [-0.2, -0.15) is 0 Å². The predicted octanol–water partition coefficient (Wildman–Crippen LogP) is 1.76. The Hall–Kier alpha value is -2.01. The highest BCUT2D eigenvalue weighted by Crippen LogP contribution is 2.25. The van der Waals surface area contributed by atoms with Gasteiger partial charge in [-0.1, -0.05) is 18.2 Å². The SMILES string of the molecule is Cc1[nH]c2ccccc2c1CN1CC(CN)OC1=O. The summed E-state index contributed by atoms with van der Waals surface area (Å²) < 4.78 is 5.18. The Morgan fingerprint density at radius 2 is 2.26 bits per heavy atom. The second-order valence-corrected chi connectivity index (χ2v) is 4.90. The summed E-state index contributed by atoms with van der Waals surface area (Å²) in [6.07, 6.45) is -0.460. The van der Waals surface area contributed by atoms with Gasteiger partial charge in [0.2, 0.25) is 0 Å². The van der Waals surface area contributed by atoms with Crippen molar-refractivity contribution in [2.75, 3.05) is 13.1 Å². The molecule has 0 saturated carbocycles. The summed E-state index contributed by atoms with van der Waals surface area (Å²) in [7, 11) is 0. The first-order valence-electron chi connectivity index (χ1n) is 6.41. The normalized spacial score (nSPS) is 19.2. The molecule has 1 aromatic carbocycles. The van der Waals surface area contributed by atoms with E-state index >= 15 is 0 Å². The van der Waals surface area contributed by atoms with Crippen molar-refractivity contribution in [3.8, 4) is 0 Å². The minimum atomic E-state index is -0.278. The molecule has 0 spiro atoms. The third-order valence-corrected chi connectivity index (χ3v) is 3.59. The van der Waals surface area contributed by atoms with Crippen LogP contribution in [0.3, 0.4) is 0 Å². The molecule has 0 bridgehead atoms. The van der Waals surface area contributed by atoms with E-state index in [0.717, 1.165) is 22.2 Å². The van der Waals surface area contributed by atoms with Gasteiger partial charge >= 0.3 is 6.09 Å². The summed E-state index contributed by atoms with van der Waals surface area (Å²) in [5.74, 6) is 0. The minimum Gasteiger partial charge on any atom is -0.443 e. The van der Waals surface area contributed by atoms with E-state index in [4.69, 9.17) is 10.5 Å². The Kier molecular flexibility index (Phi) is 2.91. The highest BCUT2D eigenvalue weighted by Gasteiger charge is 2.30. The molecule has 1 aliphatic rings. The molecular weight excluding hydrogens is 242 g/mol. The number of rotatable bonds is 3. The van der Waals surface area contributed by atoms with Crippen LogP contribution in [0.5, 0.6) is 0 Å². The zero-order chi connectivity index (χ0) is 13.4. The van der Waals surface area contributed by atoms with Crippen molar-refractivity contribution in [3.63, 3.8) is 0 Å². The molecule has 19 heavy (non-hydrogen) atoms. The number of H-pyrrole nitrogens is 1. The van der Waals surface area contributed by atoms with E-state index in [1.807, 2.05) is 25.1 Å². The van der Waals surface area contributed by atoms with Crippen LogP contribution in [0, 0.1) is 6.92 Å². The number of hydrogen-bond acceptors (Lipinski definition) is 3. The number of carbonyl (C=O) groups is 1. The van der Waals surface area contributed by atoms with Crippen molar-refractivity contribution in [1.82, 2.24) is 9.88 Å². The monoisotopic (exact) mass is 259 g/mol. The van der Waals surface area contributed by atoms with Crippen LogP contribution < -0.4 is 5.73 Å². The molecule has 1 aromatic heterocycles. The molecule has 3 N–H and O–H groups in total. The summed E-state index contributed by atoms with van der Waals surface area (Å²) in [5.41, 5.74) is 8.87. The topological polar surface area (TPSA) is 71.3 Å². The van der Waals surface area contributed by atoms with E-state index < -0.39 is 0 Å². The predicted molar refractivity (Wildman–Crippen MR) is 72.8 cm³/mol. The molecule has 0 aliphatic carbocycles. The number of cyclic esters (lactones) is 1. The van der Waals surface area contributed by atoms with Gasteiger partial charge in [-0.3, -0.25) is 0 Å². The maximum atomic E-state index is 11.8. The first-order valence-corrected chi connectivity index (χ1v) is 6.41. The van der Waals surface area contributed by atoms with Gasteiger partial charge in [0, 0.05) is 23.1 Å². The molecule has 2 aromatic rings. The highest BCUT2D eigenvalue weighted by atomic mass is 16.6. The van der Waals surface area contributed by atoms with E-state index in [1.54, 1.807) is 4.90 Å². The van der Waals surface area contributed by atoms with Gasteiger partial charge < -0.3 is 20.4 Å². The van der Waals surface area contributed by atoms with Crippen LogP contribution in [0.15, 0.2) is 24.3 Å². The third-order valence-electron chi connectivity index (χ3n) is 3.59. The molecule has 2 heterocycles. The number of para-hydroxylation sites is 1. The molecule has 3 rings (SSSR count). The van der Waals surface area contributed by atoms with Gasteiger partial charge in [0.25, 0.3) is 0 Å². The maximum absolute atomic E-state index is 11.8. The lowest BCUT2D eigenvalue weighted by molar-refractivity contribution is 0.134. The third kappa shape index (κ3) is 2.06. The lowest BCUT2D eigenvalue weighted by Crippen LogP contribution is -2.27. The van der Waals surface area contributed by atoms with Crippen molar-refractivity contribution in [2.45, 2.75) is 19.6 Å². The molecule has 1 unspecified atom stereocenters. The molecule has 100 valence electrons. The van der Waals surface area contributed by atoms with Gasteiger partial charge in [0.15, 0.2) is 0 Å². The van der Waals surface area contributed by atoms with Gasteiger partial charge in [-0.15, -0.1) is 0 Å². The average Bonchev–Trinajstić information content (AvgIpc) is 2.92. The van der Waals surface area contributed by atoms with Gasteiger partial charge in [0.05, 0.1) is 13.1 Å². The number of nitrogens with zero attached hydrogens (tertiary/aromatic N) is 1. The van der Waals surface area contributed by atoms with E-state index in [-0.39, 0.29) is 12.2 Å². The number of aromatic amines is 1. The van der Waals surface area contributed by atoms with Crippen molar-refractivity contribution in [1.29, 1.82) is 0 Å². The molecule has 0 radical (unpaired) electrons. The number of carbonyl (C=O) groups excluding carboxylic acids is 1. The van der Waals surface area contributed by atoms with Crippen molar-refractivity contribution < 1.29 is 9.53 Å². The molecule has 1 fully saturated rings. The van der Waals surface area contributed by atoms with Crippen LogP contribution in [-0.4, -0.2) is 35.2 Å². The fourth-order valence-corrected chi connectivity index (χ4v) is 2.56. The Balaban J connectivity index is 1.89. The largest absolute Gasteiger partial charge is 0.443 e. The van der Waals surface area contributed by atoms with E-state index in [9.17, 15) is 4.79 Å². The Labute approximate surface area is 111 Å². The summed E-state index contributed by atoms with van der Waals surface area (Å²) in [6.45, 7) is 3.52. The number of nitrogens with two attached hydrogens (primary N) is 1. The van der Waals surface area contributed by atoms with Crippen molar-refractivity contribution in [3.05, 3.63) is 35.5 Å². The fourth-order valence-electron chi connectivity index (χ4n) is 2.56. The molecule has 1 amide bonds. The number of nitrogens with one attached hydrogen (secondary N) is 1. The van der Waals surface area contributed by atoms with Crippen LogP contribution >= 0.6 is 0 Å². The number of ether oxygens (including phenoxy) is 1. The average molecular weight is 259 g/mol. The minimum absolute atomic E-state index is 0.182. The van der Waals surface area contributed by atoms with Gasteiger partial charge in [0.1, 0.15) is 6.10 Å². The van der Waals surface area contributed by atoms with E-state index in [2.05, 4.69) is 11.1 Å². The maximum Gasteiger partial charge on any atom is 0.410 e. The fraction of sp³-hybridized carbons (Fsp3) is 0.357. The molecule has 1 saturated heterocycles. The van der Waals surface area contributed by atoms with E-state index in [1.165, 1.54) is 0 Å². The van der Waals surface area contributed by atoms with Crippen LogP contribution in [0.4, 0.5) is 4.79 Å². The van der Waals surface area contributed by atoms with Crippen molar-refractivity contribution >= 4 is 17.0 Å². The summed E-state index contributed by atoms with van der Waals surface area (Å²) in [4.78, 5) is 16.8. The Morgan fingerprint density at radius 3 is 3.00 bits per heavy atom. The lowest BCUT2D eigenvalue weighted by Gasteiger charge is -2.13. The van der Waals surface area contributed by atoms with Gasteiger partial charge in [-0.25, -0.2) is 4.79 Å². The number of hydrogen-bond donors (Lipinski definition) is 2.